The smallest absolute Gasteiger partial charge is 0.332 e. The topological polar surface area (TPSA) is 90.3 Å². The zero-order valence-corrected chi connectivity index (χ0v) is 15.9. The highest BCUT2D eigenvalue weighted by Crippen LogP contribution is 2.37. The van der Waals surface area contributed by atoms with Crippen molar-refractivity contribution in [3.05, 3.63) is 50.7 Å². The summed E-state index contributed by atoms with van der Waals surface area (Å²) in [4.78, 5) is 40.4. The van der Waals surface area contributed by atoms with Gasteiger partial charge in [-0.2, -0.15) is 0 Å². The number of nitrogen functional groups attached to an aromatic ring is 1. The van der Waals surface area contributed by atoms with Gasteiger partial charge in [0.05, 0.1) is 12.2 Å². The summed E-state index contributed by atoms with van der Waals surface area (Å²) in [5.41, 5.74) is 5.57. The lowest BCUT2D eigenvalue weighted by molar-refractivity contribution is 0.0997. The van der Waals surface area contributed by atoms with Crippen LogP contribution in [0.2, 0.25) is 0 Å². The van der Waals surface area contributed by atoms with Crippen molar-refractivity contribution in [1.82, 2.24) is 9.13 Å². The van der Waals surface area contributed by atoms with Crippen LogP contribution in [0.25, 0.3) is 0 Å². The van der Waals surface area contributed by atoms with E-state index in [0.717, 1.165) is 26.1 Å². The van der Waals surface area contributed by atoms with E-state index in [-0.39, 0.29) is 23.7 Å². The third kappa shape index (κ3) is 3.16. The zero-order valence-electron chi connectivity index (χ0n) is 15.1. The van der Waals surface area contributed by atoms with Gasteiger partial charge in [0.25, 0.3) is 5.56 Å². The average Bonchev–Trinajstić information content (AvgIpc) is 2.77. The van der Waals surface area contributed by atoms with E-state index in [1.165, 1.54) is 14.1 Å². The molecule has 0 radical (unpaired) electrons. The molecule has 7 nitrogen and oxygen atoms in total. The van der Waals surface area contributed by atoms with Gasteiger partial charge in [-0.25, -0.2) is 4.79 Å². The van der Waals surface area contributed by atoms with Crippen LogP contribution in [0, 0.1) is 0 Å². The molecule has 0 aliphatic carbocycles. The number of anilines is 2. The Morgan fingerprint density at radius 3 is 2.65 bits per heavy atom. The van der Waals surface area contributed by atoms with Crippen LogP contribution >= 0.6 is 11.8 Å². The molecular formula is C18H22N4O3S. The molecule has 2 N–H and O–H groups in total. The maximum atomic E-state index is 12.9. The van der Waals surface area contributed by atoms with E-state index >= 15 is 0 Å². The molecule has 0 amide bonds. The van der Waals surface area contributed by atoms with Crippen molar-refractivity contribution < 1.29 is 4.79 Å². The predicted octanol–water partition coefficient (Wildman–Crippen LogP) is 1.24. The van der Waals surface area contributed by atoms with Gasteiger partial charge in [0.1, 0.15) is 11.4 Å². The number of nitrogens with zero attached hydrogens (tertiary/aromatic N) is 3. The van der Waals surface area contributed by atoms with Crippen molar-refractivity contribution >= 4 is 29.1 Å². The average molecular weight is 374 g/mol. The number of benzene rings is 1. The molecule has 0 fully saturated rings. The monoisotopic (exact) mass is 374 g/mol. The fourth-order valence-electron chi connectivity index (χ4n) is 3.09. The minimum absolute atomic E-state index is 0.0436. The number of Topliss-reactive ketones (excluding diaryl/α,β-unsaturated/α-hetero) is 1. The number of carbonyl (C=O) groups is 1. The number of para-hydroxylation sites is 1. The van der Waals surface area contributed by atoms with E-state index in [0.29, 0.717) is 11.8 Å². The first-order valence-electron chi connectivity index (χ1n) is 8.40. The van der Waals surface area contributed by atoms with Gasteiger partial charge in [0.15, 0.2) is 5.78 Å². The summed E-state index contributed by atoms with van der Waals surface area (Å²) >= 11 is 1.78. The number of hydrogen-bond acceptors (Lipinski definition) is 6. The summed E-state index contributed by atoms with van der Waals surface area (Å²) in [7, 11) is 2.80. The quantitative estimate of drug-likeness (QED) is 0.813. The third-order valence-electron chi connectivity index (χ3n) is 4.66. The second-order valence-corrected chi connectivity index (χ2v) is 7.98. The Hall–Kier alpha value is -2.48. The minimum atomic E-state index is -0.651. The maximum Gasteiger partial charge on any atom is 0.332 e. The molecule has 2 heterocycles. The van der Waals surface area contributed by atoms with E-state index in [1.54, 1.807) is 11.8 Å². The Kier molecular flexibility index (Phi) is 4.95. The van der Waals surface area contributed by atoms with Crippen molar-refractivity contribution in [1.29, 1.82) is 0 Å². The molecular weight excluding hydrogens is 352 g/mol. The number of thioether (sulfide) groups is 1. The maximum absolute atomic E-state index is 12.9. The molecule has 138 valence electrons. The predicted molar refractivity (Wildman–Crippen MR) is 104 cm³/mol. The van der Waals surface area contributed by atoms with Crippen LogP contribution in [0.4, 0.5) is 11.5 Å². The molecule has 26 heavy (non-hydrogen) atoms. The Bertz CT molecular complexity index is 979. The number of hydrogen-bond donors (Lipinski definition) is 1. The van der Waals surface area contributed by atoms with E-state index < -0.39 is 11.2 Å². The number of ketones is 1. The number of aromatic nitrogens is 2. The summed E-state index contributed by atoms with van der Waals surface area (Å²) in [6, 6.07) is 7.94. The molecule has 2 aromatic rings. The molecule has 1 atom stereocenters. The Balaban J connectivity index is 1.99. The summed E-state index contributed by atoms with van der Waals surface area (Å²) in [5, 5.41) is 0.437. The molecule has 0 spiro atoms. The van der Waals surface area contributed by atoms with Gasteiger partial charge in [-0.05, 0) is 18.6 Å². The molecule has 3 rings (SSSR count). The third-order valence-corrected chi connectivity index (χ3v) is 5.90. The van der Waals surface area contributed by atoms with Crippen molar-refractivity contribution in [2.45, 2.75) is 23.5 Å². The lowest BCUT2D eigenvalue weighted by atomic mass is 10.1. The second-order valence-electron chi connectivity index (χ2n) is 6.50. The van der Waals surface area contributed by atoms with Gasteiger partial charge in [-0.15, -0.1) is 11.8 Å². The normalized spacial score (nSPS) is 16.9. The fourth-order valence-corrected chi connectivity index (χ4v) is 4.22. The highest BCUT2D eigenvalue weighted by Gasteiger charge is 2.25. The van der Waals surface area contributed by atoms with Crippen LogP contribution < -0.4 is 21.9 Å². The molecule has 1 aromatic carbocycles. The van der Waals surface area contributed by atoms with Crippen LogP contribution in [0.1, 0.15) is 23.7 Å². The molecule has 8 heteroatoms. The van der Waals surface area contributed by atoms with Crippen molar-refractivity contribution in [2.75, 3.05) is 23.7 Å². The van der Waals surface area contributed by atoms with E-state index in [2.05, 4.69) is 6.92 Å². The number of fused-ring (bicyclic) bond motifs is 1. The van der Waals surface area contributed by atoms with Crippen LogP contribution in [0.5, 0.6) is 0 Å². The SMILES string of the molecule is CC1CCN(CC(=O)c2c(N)n(C)c(=O)n(C)c2=O)c2ccccc2S1. The second kappa shape index (κ2) is 7.03. The largest absolute Gasteiger partial charge is 0.384 e. The highest BCUT2D eigenvalue weighted by atomic mass is 32.2. The number of rotatable bonds is 3. The minimum Gasteiger partial charge on any atom is -0.384 e. The van der Waals surface area contributed by atoms with Gasteiger partial charge in [0, 0.05) is 30.8 Å². The summed E-state index contributed by atoms with van der Waals surface area (Å²) < 4.78 is 2.04. The Morgan fingerprint density at radius 1 is 1.23 bits per heavy atom. The first kappa shape index (κ1) is 18.3. The van der Waals surface area contributed by atoms with Crippen molar-refractivity contribution in [2.24, 2.45) is 14.1 Å². The summed E-state index contributed by atoms with van der Waals surface area (Å²) in [6.45, 7) is 2.91. The van der Waals surface area contributed by atoms with Crippen LogP contribution in [0.3, 0.4) is 0 Å². The molecule has 1 aromatic heterocycles. The Labute approximate surface area is 155 Å². The van der Waals surface area contributed by atoms with Gasteiger partial charge in [0.2, 0.25) is 0 Å². The molecule has 1 aliphatic rings. The van der Waals surface area contributed by atoms with Crippen molar-refractivity contribution in [3.8, 4) is 0 Å². The van der Waals surface area contributed by atoms with E-state index in [9.17, 15) is 14.4 Å². The van der Waals surface area contributed by atoms with Crippen molar-refractivity contribution in [3.63, 3.8) is 0 Å². The molecule has 0 saturated heterocycles. The van der Waals surface area contributed by atoms with Crippen LogP contribution in [-0.2, 0) is 14.1 Å². The standard InChI is InChI=1S/C18H22N4O3S/c1-11-8-9-22(12-6-4-5-7-14(12)26-11)10-13(23)15-16(19)20(2)18(25)21(3)17(15)24/h4-7,11H,8-10,19H2,1-3H3. The molecule has 0 bridgehead atoms. The summed E-state index contributed by atoms with van der Waals surface area (Å²) in [5.74, 6) is -0.470. The highest BCUT2D eigenvalue weighted by molar-refractivity contribution is 8.00. The van der Waals surface area contributed by atoms with Crippen LogP contribution in [0.15, 0.2) is 38.8 Å². The zero-order chi connectivity index (χ0) is 19.0. The molecule has 0 saturated carbocycles. The van der Waals surface area contributed by atoms with Crippen LogP contribution in [-0.4, -0.2) is 33.3 Å². The first-order valence-corrected chi connectivity index (χ1v) is 9.28. The lowest BCUT2D eigenvalue weighted by Crippen LogP contribution is -2.43. The van der Waals surface area contributed by atoms with Gasteiger partial charge >= 0.3 is 5.69 Å². The molecule has 1 unspecified atom stereocenters. The van der Waals surface area contributed by atoms with Gasteiger partial charge in [-0.1, -0.05) is 19.1 Å². The lowest BCUT2D eigenvalue weighted by Gasteiger charge is -2.24. The van der Waals surface area contributed by atoms with E-state index in [1.807, 2.05) is 29.2 Å². The number of nitrogens with two attached hydrogens (primary N) is 1. The van der Waals surface area contributed by atoms with E-state index in [4.69, 9.17) is 5.73 Å². The van der Waals surface area contributed by atoms with Gasteiger partial charge in [-0.3, -0.25) is 18.7 Å². The van der Waals surface area contributed by atoms with Gasteiger partial charge < -0.3 is 10.6 Å². The Morgan fingerprint density at radius 2 is 1.92 bits per heavy atom. The summed E-state index contributed by atoms with van der Waals surface area (Å²) in [6.07, 6.45) is 0.924. The fraction of sp³-hybridized carbons (Fsp3) is 0.389. The number of carbonyl (C=O) groups excluding carboxylic acids is 1. The first-order chi connectivity index (χ1) is 12.3. The molecule has 1 aliphatic heterocycles.